The molecule has 1 aliphatic carbocycles. The minimum absolute atomic E-state index is 0.965. The Hall–Kier alpha value is -1.42. The van der Waals surface area contributed by atoms with Crippen molar-refractivity contribution in [2.75, 3.05) is 11.9 Å². The van der Waals surface area contributed by atoms with Crippen LogP contribution in [-0.2, 0) is 0 Å². The number of hydrogen-bond acceptors (Lipinski definition) is 4. The van der Waals surface area contributed by atoms with E-state index in [-0.39, 0.29) is 0 Å². The molecular weight excluding hydrogens is 266 g/mol. The maximum absolute atomic E-state index is 4.43. The topological polar surface area (TPSA) is 37.8 Å². The van der Waals surface area contributed by atoms with Crippen molar-refractivity contribution in [1.29, 1.82) is 0 Å². The summed E-state index contributed by atoms with van der Waals surface area (Å²) >= 11 is 1.75. The summed E-state index contributed by atoms with van der Waals surface area (Å²) in [4.78, 5) is 11.2. The first kappa shape index (κ1) is 13.6. The zero-order valence-electron chi connectivity index (χ0n) is 12.2. The van der Waals surface area contributed by atoms with Crippen molar-refractivity contribution < 1.29 is 0 Å². The van der Waals surface area contributed by atoms with E-state index < -0.39 is 0 Å². The van der Waals surface area contributed by atoms with Crippen LogP contribution in [0.5, 0.6) is 0 Å². The number of allylic oxidation sites excluding steroid dienone is 1. The largest absolute Gasteiger partial charge is 0.369 e. The Bertz CT molecular complexity index is 642. The molecule has 0 fully saturated rings. The summed E-state index contributed by atoms with van der Waals surface area (Å²) in [7, 11) is 0. The summed E-state index contributed by atoms with van der Waals surface area (Å²) in [5, 5.41) is 4.71. The van der Waals surface area contributed by atoms with Crippen molar-refractivity contribution in [3.8, 4) is 0 Å². The standard InChI is InChI=1S/C16H21N3S/c1-11-12(2)20-16-14(11)15(18-10-19-16)17-9-8-13-6-4-3-5-7-13/h6,10H,3-5,7-9H2,1-2H3,(H,17,18,19). The molecule has 0 saturated heterocycles. The monoisotopic (exact) mass is 287 g/mol. The highest BCUT2D eigenvalue weighted by atomic mass is 32.1. The molecule has 0 aliphatic heterocycles. The predicted octanol–water partition coefficient (Wildman–Crippen LogP) is 4.61. The lowest BCUT2D eigenvalue weighted by Crippen LogP contribution is -2.06. The quantitative estimate of drug-likeness (QED) is 0.834. The van der Waals surface area contributed by atoms with E-state index in [1.807, 2.05) is 0 Å². The second-order valence-corrected chi connectivity index (χ2v) is 6.67. The van der Waals surface area contributed by atoms with Crippen molar-refractivity contribution in [3.63, 3.8) is 0 Å². The van der Waals surface area contributed by atoms with Gasteiger partial charge in [-0.3, -0.25) is 0 Å². The van der Waals surface area contributed by atoms with Crippen LogP contribution in [0.3, 0.4) is 0 Å². The molecule has 0 unspecified atom stereocenters. The summed E-state index contributed by atoms with van der Waals surface area (Å²) in [6.45, 7) is 5.27. The molecular formula is C16H21N3S. The van der Waals surface area contributed by atoms with Gasteiger partial charge in [0.1, 0.15) is 17.0 Å². The molecule has 2 aromatic rings. The molecule has 1 N–H and O–H groups in total. The molecule has 2 aromatic heterocycles. The van der Waals surface area contributed by atoms with E-state index in [2.05, 4.69) is 35.2 Å². The van der Waals surface area contributed by atoms with Gasteiger partial charge in [-0.05, 0) is 51.5 Å². The molecule has 0 aromatic carbocycles. The van der Waals surface area contributed by atoms with E-state index in [1.54, 1.807) is 23.2 Å². The first-order valence-corrected chi connectivity index (χ1v) is 8.20. The molecule has 0 amide bonds. The summed E-state index contributed by atoms with van der Waals surface area (Å²) in [6.07, 6.45) is 10.5. The fourth-order valence-corrected chi connectivity index (χ4v) is 3.79. The number of aromatic nitrogens is 2. The Morgan fingerprint density at radius 2 is 2.15 bits per heavy atom. The molecule has 2 heterocycles. The van der Waals surface area contributed by atoms with E-state index in [9.17, 15) is 0 Å². The number of hydrogen-bond donors (Lipinski definition) is 1. The Labute approximate surface area is 124 Å². The van der Waals surface area contributed by atoms with Crippen LogP contribution >= 0.6 is 11.3 Å². The van der Waals surface area contributed by atoms with Gasteiger partial charge in [0, 0.05) is 11.4 Å². The number of rotatable bonds is 4. The minimum atomic E-state index is 0.965. The lowest BCUT2D eigenvalue weighted by molar-refractivity contribution is 0.679. The van der Waals surface area contributed by atoms with Gasteiger partial charge in [0.25, 0.3) is 0 Å². The van der Waals surface area contributed by atoms with Gasteiger partial charge in [-0.1, -0.05) is 11.6 Å². The van der Waals surface area contributed by atoms with Crippen molar-refractivity contribution in [3.05, 3.63) is 28.4 Å². The maximum atomic E-state index is 4.43. The van der Waals surface area contributed by atoms with E-state index >= 15 is 0 Å². The van der Waals surface area contributed by atoms with Crippen LogP contribution in [0, 0.1) is 13.8 Å². The smallest absolute Gasteiger partial charge is 0.138 e. The lowest BCUT2D eigenvalue weighted by atomic mass is 9.97. The number of fused-ring (bicyclic) bond motifs is 1. The molecule has 3 nitrogen and oxygen atoms in total. The van der Waals surface area contributed by atoms with E-state index in [4.69, 9.17) is 0 Å². The highest BCUT2D eigenvalue weighted by molar-refractivity contribution is 7.18. The van der Waals surface area contributed by atoms with E-state index in [0.29, 0.717) is 0 Å². The number of anilines is 1. The van der Waals surface area contributed by atoms with E-state index in [1.165, 1.54) is 41.5 Å². The molecule has 3 rings (SSSR count). The Morgan fingerprint density at radius 1 is 1.25 bits per heavy atom. The summed E-state index contributed by atoms with van der Waals surface area (Å²) < 4.78 is 0. The van der Waals surface area contributed by atoms with Crippen LogP contribution in [0.25, 0.3) is 10.2 Å². The second-order valence-electron chi connectivity index (χ2n) is 5.47. The second kappa shape index (κ2) is 5.92. The number of aryl methyl sites for hydroxylation is 2. The number of nitrogens with zero attached hydrogens (tertiary/aromatic N) is 2. The van der Waals surface area contributed by atoms with Crippen LogP contribution in [0.4, 0.5) is 5.82 Å². The zero-order chi connectivity index (χ0) is 13.9. The molecule has 0 saturated carbocycles. The summed E-state index contributed by atoms with van der Waals surface area (Å²) in [5.41, 5.74) is 2.91. The van der Waals surface area contributed by atoms with E-state index in [0.717, 1.165) is 23.6 Å². The van der Waals surface area contributed by atoms with Crippen molar-refractivity contribution in [2.45, 2.75) is 46.0 Å². The molecule has 0 radical (unpaired) electrons. The average molecular weight is 287 g/mol. The third kappa shape index (κ3) is 2.70. The van der Waals surface area contributed by atoms with Gasteiger partial charge in [-0.25, -0.2) is 9.97 Å². The van der Waals surface area contributed by atoms with Gasteiger partial charge in [0.05, 0.1) is 5.39 Å². The lowest BCUT2D eigenvalue weighted by Gasteiger charge is -2.13. The molecule has 0 spiro atoms. The Balaban J connectivity index is 1.72. The van der Waals surface area contributed by atoms with Crippen molar-refractivity contribution in [1.82, 2.24) is 9.97 Å². The average Bonchev–Trinajstić information content (AvgIpc) is 2.76. The van der Waals surface area contributed by atoms with Gasteiger partial charge in [-0.15, -0.1) is 11.3 Å². The van der Waals surface area contributed by atoms with Gasteiger partial charge in [0.2, 0.25) is 0 Å². The van der Waals surface area contributed by atoms with Crippen LogP contribution in [-0.4, -0.2) is 16.5 Å². The predicted molar refractivity (Wildman–Crippen MR) is 86.5 cm³/mol. The molecule has 106 valence electrons. The molecule has 4 heteroatoms. The first-order chi connectivity index (χ1) is 9.75. The molecule has 0 atom stereocenters. The van der Waals surface area contributed by atoms with Gasteiger partial charge >= 0.3 is 0 Å². The fourth-order valence-electron chi connectivity index (χ4n) is 2.79. The van der Waals surface area contributed by atoms with Crippen LogP contribution in [0.1, 0.15) is 42.5 Å². The SMILES string of the molecule is Cc1sc2ncnc(NCCC3=CCCCC3)c2c1C. The van der Waals surface area contributed by atoms with Gasteiger partial charge < -0.3 is 5.32 Å². The fraction of sp³-hybridized carbons (Fsp3) is 0.500. The summed E-state index contributed by atoms with van der Waals surface area (Å²) in [5.74, 6) is 0.994. The Morgan fingerprint density at radius 3 is 2.95 bits per heavy atom. The maximum Gasteiger partial charge on any atom is 0.138 e. The summed E-state index contributed by atoms with van der Waals surface area (Å²) in [6, 6.07) is 0. The van der Waals surface area contributed by atoms with Crippen LogP contribution in [0.15, 0.2) is 18.0 Å². The number of nitrogens with one attached hydrogen (secondary N) is 1. The molecule has 0 bridgehead atoms. The van der Waals surface area contributed by atoms with Crippen LogP contribution < -0.4 is 5.32 Å². The third-order valence-corrected chi connectivity index (χ3v) is 5.20. The molecule has 1 aliphatic rings. The normalized spacial score (nSPS) is 15.4. The number of thiophene rings is 1. The highest BCUT2D eigenvalue weighted by Crippen LogP contribution is 2.32. The van der Waals surface area contributed by atoms with Gasteiger partial charge in [-0.2, -0.15) is 0 Å². The van der Waals surface area contributed by atoms with Crippen LogP contribution in [0.2, 0.25) is 0 Å². The van der Waals surface area contributed by atoms with Crippen molar-refractivity contribution >= 4 is 27.4 Å². The highest BCUT2D eigenvalue weighted by Gasteiger charge is 2.11. The minimum Gasteiger partial charge on any atom is -0.369 e. The van der Waals surface area contributed by atoms with Crippen molar-refractivity contribution in [2.24, 2.45) is 0 Å². The first-order valence-electron chi connectivity index (χ1n) is 7.38. The zero-order valence-corrected chi connectivity index (χ0v) is 13.0. The Kier molecular flexibility index (Phi) is 4.01. The third-order valence-electron chi connectivity index (χ3n) is 4.09. The molecule has 20 heavy (non-hydrogen) atoms. The van der Waals surface area contributed by atoms with Gasteiger partial charge in [0.15, 0.2) is 0 Å².